The summed E-state index contributed by atoms with van der Waals surface area (Å²) >= 11 is 0. The maximum Gasteiger partial charge on any atom is 0.330 e. The number of pyridine rings is 1. The minimum atomic E-state index is -0.546. The van der Waals surface area contributed by atoms with Gasteiger partial charge in [-0.2, -0.15) is 0 Å². The van der Waals surface area contributed by atoms with E-state index < -0.39 is 11.2 Å². The van der Waals surface area contributed by atoms with Crippen molar-refractivity contribution in [1.82, 2.24) is 19.4 Å². The predicted molar refractivity (Wildman–Crippen MR) is 109 cm³/mol. The number of H-pyrrole nitrogens is 1. The van der Waals surface area contributed by atoms with Crippen molar-refractivity contribution >= 4 is 16.9 Å². The van der Waals surface area contributed by atoms with Gasteiger partial charge in [0.1, 0.15) is 0 Å². The van der Waals surface area contributed by atoms with Gasteiger partial charge in [0.05, 0.1) is 17.1 Å². The number of nitrogens with one attached hydrogen (secondary N) is 1. The molecule has 1 saturated heterocycles. The fraction of sp³-hybridized carbons (Fsp3) is 0.619. The SMILES string of the molecule is COC1CCN(C(=O)c2cc(C3CC3)nc3c2c(=O)[nH]c(=O)n3CC(C)C)CC1. The summed E-state index contributed by atoms with van der Waals surface area (Å²) in [5.41, 5.74) is 0.458. The number of aromatic amines is 1. The summed E-state index contributed by atoms with van der Waals surface area (Å²) in [6, 6.07) is 1.77. The van der Waals surface area contributed by atoms with E-state index in [2.05, 4.69) is 9.97 Å². The van der Waals surface area contributed by atoms with E-state index in [-0.39, 0.29) is 23.3 Å². The number of hydrogen-bond donors (Lipinski definition) is 1. The molecule has 0 radical (unpaired) electrons. The first-order valence-corrected chi connectivity index (χ1v) is 10.4. The number of nitrogens with zero attached hydrogens (tertiary/aromatic N) is 3. The Balaban J connectivity index is 1.85. The van der Waals surface area contributed by atoms with Gasteiger partial charge in [0.2, 0.25) is 0 Å². The van der Waals surface area contributed by atoms with Crippen LogP contribution in [0.25, 0.3) is 11.0 Å². The molecule has 8 heteroatoms. The summed E-state index contributed by atoms with van der Waals surface area (Å²) < 4.78 is 6.90. The van der Waals surface area contributed by atoms with Crippen LogP contribution in [0.3, 0.4) is 0 Å². The van der Waals surface area contributed by atoms with Crippen molar-refractivity contribution in [1.29, 1.82) is 0 Å². The number of carbonyl (C=O) groups excluding carboxylic acids is 1. The molecule has 0 spiro atoms. The van der Waals surface area contributed by atoms with E-state index in [4.69, 9.17) is 4.74 Å². The highest BCUT2D eigenvalue weighted by Gasteiger charge is 2.31. The molecule has 156 valence electrons. The van der Waals surface area contributed by atoms with Crippen LogP contribution in [0.5, 0.6) is 0 Å². The molecule has 1 aliphatic heterocycles. The van der Waals surface area contributed by atoms with Crippen LogP contribution in [0.15, 0.2) is 15.7 Å². The van der Waals surface area contributed by atoms with Gasteiger partial charge in [-0.3, -0.25) is 19.1 Å². The number of fused-ring (bicyclic) bond motifs is 1. The first-order valence-electron chi connectivity index (χ1n) is 10.4. The van der Waals surface area contributed by atoms with Gasteiger partial charge in [-0.15, -0.1) is 0 Å². The third-order valence-electron chi connectivity index (χ3n) is 5.80. The van der Waals surface area contributed by atoms with E-state index in [0.29, 0.717) is 36.8 Å². The monoisotopic (exact) mass is 400 g/mol. The van der Waals surface area contributed by atoms with E-state index in [0.717, 1.165) is 31.4 Å². The van der Waals surface area contributed by atoms with Gasteiger partial charge < -0.3 is 9.64 Å². The van der Waals surface area contributed by atoms with E-state index in [1.54, 1.807) is 18.1 Å². The molecule has 2 aliphatic rings. The fourth-order valence-electron chi connectivity index (χ4n) is 4.05. The predicted octanol–water partition coefficient (Wildman–Crippen LogP) is 1.87. The molecule has 1 saturated carbocycles. The number of likely N-dealkylation sites (tertiary alicyclic amines) is 1. The Hall–Kier alpha value is -2.48. The van der Waals surface area contributed by atoms with Gasteiger partial charge in [-0.1, -0.05) is 13.8 Å². The van der Waals surface area contributed by atoms with Crippen LogP contribution in [0.4, 0.5) is 0 Å². The van der Waals surface area contributed by atoms with Gasteiger partial charge in [-0.25, -0.2) is 9.78 Å². The lowest BCUT2D eigenvalue weighted by atomic mass is 10.0. The second-order valence-electron chi connectivity index (χ2n) is 8.56. The molecular weight excluding hydrogens is 372 g/mol. The third kappa shape index (κ3) is 3.85. The molecule has 2 aromatic rings. The Labute approximate surface area is 168 Å². The van der Waals surface area contributed by atoms with Crippen LogP contribution in [-0.2, 0) is 11.3 Å². The summed E-state index contributed by atoms with van der Waals surface area (Å²) in [5.74, 6) is 0.321. The maximum absolute atomic E-state index is 13.4. The number of ether oxygens (including phenoxy) is 1. The lowest BCUT2D eigenvalue weighted by molar-refractivity contribution is 0.0351. The van der Waals surface area contributed by atoms with E-state index in [9.17, 15) is 14.4 Å². The zero-order valence-electron chi connectivity index (χ0n) is 17.2. The molecule has 8 nitrogen and oxygen atoms in total. The Kier molecular flexibility index (Phi) is 5.29. The molecule has 0 aromatic carbocycles. The molecule has 0 bridgehead atoms. The van der Waals surface area contributed by atoms with Gasteiger partial charge in [0.15, 0.2) is 5.65 Å². The van der Waals surface area contributed by atoms with Gasteiger partial charge in [-0.05, 0) is 37.7 Å². The van der Waals surface area contributed by atoms with Crippen LogP contribution in [-0.4, -0.2) is 51.6 Å². The number of piperidine rings is 1. The summed E-state index contributed by atoms with van der Waals surface area (Å²) in [6.07, 6.45) is 3.74. The second-order valence-corrected chi connectivity index (χ2v) is 8.56. The Morgan fingerprint density at radius 3 is 2.52 bits per heavy atom. The second kappa shape index (κ2) is 7.74. The van der Waals surface area contributed by atoms with Crippen LogP contribution in [0.1, 0.15) is 61.5 Å². The molecule has 1 amide bonds. The van der Waals surface area contributed by atoms with Crippen LogP contribution in [0.2, 0.25) is 0 Å². The fourth-order valence-corrected chi connectivity index (χ4v) is 4.05. The van der Waals surface area contributed by atoms with Crippen LogP contribution >= 0.6 is 0 Å². The van der Waals surface area contributed by atoms with Gasteiger partial charge in [0.25, 0.3) is 11.5 Å². The van der Waals surface area contributed by atoms with E-state index in [1.165, 1.54) is 4.57 Å². The van der Waals surface area contributed by atoms with Crippen molar-refractivity contribution < 1.29 is 9.53 Å². The first-order chi connectivity index (χ1) is 13.9. The highest BCUT2D eigenvalue weighted by Crippen LogP contribution is 2.40. The number of rotatable bonds is 5. The molecule has 3 heterocycles. The average Bonchev–Trinajstić information content (AvgIpc) is 3.55. The van der Waals surface area contributed by atoms with E-state index >= 15 is 0 Å². The van der Waals surface area contributed by atoms with Crippen molar-refractivity contribution in [2.24, 2.45) is 5.92 Å². The largest absolute Gasteiger partial charge is 0.381 e. The van der Waals surface area contributed by atoms with Crippen molar-refractivity contribution in [3.63, 3.8) is 0 Å². The zero-order valence-corrected chi connectivity index (χ0v) is 17.2. The topological polar surface area (TPSA) is 97.3 Å². The first kappa shape index (κ1) is 19.8. The normalized spacial score (nSPS) is 18.0. The summed E-state index contributed by atoms with van der Waals surface area (Å²) in [7, 11) is 1.69. The molecule has 29 heavy (non-hydrogen) atoms. The zero-order chi connectivity index (χ0) is 20.7. The van der Waals surface area contributed by atoms with Gasteiger partial charge in [0, 0.05) is 38.4 Å². The number of hydrogen-bond acceptors (Lipinski definition) is 5. The summed E-state index contributed by atoms with van der Waals surface area (Å²) in [4.78, 5) is 47.5. The number of amides is 1. The lowest BCUT2D eigenvalue weighted by Gasteiger charge is -2.31. The van der Waals surface area contributed by atoms with E-state index in [1.807, 2.05) is 13.8 Å². The minimum Gasteiger partial charge on any atom is -0.381 e. The number of aromatic nitrogens is 3. The van der Waals surface area contributed by atoms with Gasteiger partial charge >= 0.3 is 5.69 Å². The minimum absolute atomic E-state index is 0.162. The Morgan fingerprint density at radius 1 is 1.24 bits per heavy atom. The maximum atomic E-state index is 13.4. The van der Waals surface area contributed by atoms with Crippen molar-refractivity contribution in [3.8, 4) is 0 Å². The smallest absolute Gasteiger partial charge is 0.330 e. The molecule has 2 aromatic heterocycles. The van der Waals surface area contributed by atoms with Crippen molar-refractivity contribution in [2.45, 2.75) is 58.1 Å². The van der Waals surface area contributed by atoms with Crippen molar-refractivity contribution in [2.75, 3.05) is 20.2 Å². The molecule has 1 N–H and O–H groups in total. The number of methoxy groups -OCH3 is 1. The highest BCUT2D eigenvalue weighted by molar-refractivity contribution is 6.05. The molecular formula is C21H28N4O4. The molecule has 4 rings (SSSR count). The molecule has 2 fully saturated rings. The molecule has 0 unspecified atom stereocenters. The molecule has 0 atom stereocenters. The van der Waals surface area contributed by atoms with Crippen LogP contribution in [0, 0.1) is 5.92 Å². The number of carbonyl (C=O) groups is 1. The summed E-state index contributed by atoms with van der Waals surface area (Å²) in [5, 5.41) is 0.216. The average molecular weight is 400 g/mol. The summed E-state index contributed by atoms with van der Waals surface area (Å²) in [6.45, 7) is 5.60. The lowest BCUT2D eigenvalue weighted by Crippen LogP contribution is -2.41. The standard InChI is InChI=1S/C21H28N4O4/c1-12(2)11-25-18-17(19(26)23-21(25)28)15(10-16(22-18)13-4-5-13)20(27)24-8-6-14(29-3)7-9-24/h10,12-14H,4-9,11H2,1-3H3,(H,23,26,28). The Morgan fingerprint density at radius 2 is 1.93 bits per heavy atom. The molecule has 1 aliphatic carbocycles. The quantitative estimate of drug-likeness (QED) is 0.826. The Bertz CT molecular complexity index is 1040. The van der Waals surface area contributed by atoms with Crippen LogP contribution < -0.4 is 11.2 Å². The highest BCUT2D eigenvalue weighted by atomic mass is 16.5. The van der Waals surface area contributed by atoms with Crippen molar-refractivity contribution in [3.05, 3.63) is 38.2 Å². The third-order valence-corrected chi connectivity index (χ3v) is 5.80.